The molecule has 0 saturated carbocycles. The van der Waals surface area contributed by atoms with Crippen LogP contribution in [0.4, 0.5) is 5.69 Å². The molecule has 7 nitrogen and oxygen atoms in total. The van der Waals surface area contributed by atoms with Crippen molar-refractivity contribution in [1.29, 1.82) is 0 Å². The molecule has 1 saturated heterocycles. The SMILES string of the molecule is CCOc1ccc(NS(=O)(=O)c2cccc(C(=O)N(CC)CC3CCCO3)c2)cc1. The number of benzene rings is 2. The minimum atomic E-state index is -3.84. The lowest BCUT2D eigenvalue weighted by molar-refractivity contribution is 0.0539. The fourth-order valence-electron chi connectivity index (χ4n) is 3.37. The van der Waals surface area contributed by atoms with Crippen LogP contribution in [-0.2, 0) is 14.8 Å². The van der Waals surface area contributed by atoms with Crippen LogP contribution in [0, 0.1) is 0 Å². The number of nitrogens with one attached hydrogen (secondary N) is 1. The Morgan fingerprint density at radius 2 is 1.97 bits per heavy atom. The number of hydrogen-bond acceptors (Lipinski definition) is 5. The average Bonchev–Trinajstić information content (AvgIpc) is 3.26. The number of anilines is 1. The number of carbonyl (C=O) groups is 1. The zero-order chi connectivity index (χ0) is 21.6. The van der Waals surface area contributed by atoms with Gasteiger partial charge in [-0.05, 0) is 69.2 Å². The number of carbonyl (C=O) groups excluding carboxylic acids is 1. The summed E-state index contributed by atoms with van der Waals surface area (Å²) in [5, 5.41) is 0. The number of sulfonamides is 1. The Morgan fingerprint density at radius 1 is 1.20 bits per heavy atom. The van der Waals surface area contributed by atoms with E-state index >= 15 is 0 Å². The highest BCUT2D eigenvalue weighted by molar-refractivity contribution is 7.92. The number of hydrogen-bond donors (Lipinski definition) is 1. The molecule has 1 fully saturated rings. The van der Waals surface area contributed by atoms with Gasteiger partial charge in [-0.1, -0.05) is 6.07 Å². The third-order valence-electron chi connectivity index (χ3n) is 4.93. The highest BCUT2D eigenvalue weighted by Gasteiger charge is 2.23. The Balaban J connectivity index is 1.74. The summed E-state index contributed by atoms with van der Waals surface area (Å²) in [5.74, 6) is 0.463. The normalized spacial score (nSPS) is 16.3. The van der Waals surface area contributed by atoms with Gasteiger partial charge in [-0.2, -0.15) is 0 Å². The van der Waals surface area contributed by atoms with Crippen LogP contribution in [0.5, 0.6) is 5.75 Å². The summed E-state index contributed by atoms with van der Waals surface area (Å²) in [7, 11) is -3.84. The molecule has 0 spiro atoms. The lowest BCUT2D eigenvalue weighted by atomic mass is 10.1. The molecule has 2 aromatic carbocycles. The molecule has 1 atom stereocenters. The second-order valence-electron chi connectivity index (χ2n) is 7.07. The monoisotopic (exact) mass is 432 g/mol. The molecule has 0 bridgehead atoms. The van der Waals surface area contributed by atoms with Gasteiger partial charge in [0.2, 0.25) is 0 Å². The predicted octanol–water partition coefficient (Wildman–Crippen LogP) is 3.53. The van der Waals surface area contributed by atoms with Crippen LogP contribution in [0.15, 0.2) is 53.4 Å². The quantitative estimate of drug-likeness (QED) is 0.655. The van der Waals surface area contributed by atoms with E-state index < -0.39 is 10.0 Å². The van der Waals surface area contributed by atoms with Crippen molar-refractivity contribution in [2.24, 2.45) is 0 Å². The fraction of sp³-hybridized carbons (Fsp3) is 0.409. The first-order valence-corrected chi connectivity index (χ1v) is 11.7. The molecule has 8 heteroatoms. The molecule has 1 amide bonds. The van der Waals surface area contributed by atoms with Crippen LogP contribution in [-0.4, -0.2) is 51.6 Å². The predicted molar refractivity (Wildman–Crippen MR) is 115 cm³/mol. The highest BCUT2D eigenvalue weighted by atomic mass is 32.2. The topological polar surface area (TPSA) is 84.9 Å². The first-order chi connectivity index (χ1) is 14.4. The summed E-state index contributed by atoms with van der Waals surface area (Å²) in [6, 6.07) is 12.8. The van der Waals surface area contributed by atoms with E-state index in [0.29, 0.717) is 36.7 Å². The van der Waals surface area contributed by atoms with Crippen LogP contribution in [0.3, 0.4) is 0 Å². The molecule has 1 aliphatic heterocycles. The molecule has 2 aromatic rings. The minimum Gasteiger partial charge on any atom is -0.494 e. The lowest BCUT2D eigenvalue weighted by Gasteiger charge is -2.24. The zero-order valence-electron chi connectivity index (χ0n) is 17.3. The van der Waals surface area contributed by atoms with Gasteiger partial charge in [-0.25, -0.2) is 8.42 Å². The molecule has 1 unspecified atom stereocenters. The molecular weight excluding hydrogens is 404 g/mol. The number of rotatable bonds is 9. The van der Waals surface area contributed by atoms with Gasteiger partial charge in [-0.3, -0.25) is 9.52 Å². The van der Waals surface area contributed by atoms with Crippen LogP contribution in [0.25, 0.3) is 0 Å². The molecular formula is C22H28N2O5S. The molecule has 3 rings (SSSR count). The van der Waals surface area contributed by atoms with Crippen molar-refractivity contribution < 1.29 is 22.7 Å². The Hall–Kier alpha value is -2.58. The van der Waals surface area contributed by atoms with Gasteiger partial charge in [-0.15, -0.1) is 0 Å². The Labute approximate surface area is 178 Å². The number of ether oxygens (including phenoxy) is 2. The molecule has 0 aromatic heterocycles. The molecule has 162 valence electrons. The molecule has 0 aliphatic carbocycles. The fourth-order valence-corrected chi connectivity index (χ4v) is 4.47. The first-order valence-electron chi connectivity index (χ1n) is 10.2. The summed E-state index contributed by atoms with van der Waals surface area (Å²) in [4.78, 5) is 14.7. The van der Waals surface area contributed by atoms with Crippen molar-refractivity contribution in [2.45, 2.75) is 37.7 Å². The van der Waals surface area contributed by atoms with Gasteiger partial charge in [0, 0.05) is 30.9 Å². The smallest absolute Gasteiger partial charge is 0.261 e. The van der Waals surface area contributed by atoms with Crippen molar-refractivity contribution in [1.82, 2.24) is 4.90 Å². The second-order valence-corrected chi connectivity index (χ2v) is 8.75. The van der Waals surface area contributed by atoms with Gasteiger partial charge in [0.1, 0.15) is 5.75 Å². The molecule has 1 aliphatic rings. The standard InChI is InChI=1S/C22H28N2O5S/c1-3-24(16-20-8-6-14-29-20)22(25)17-7-5-9-21(15-17)30(26,27)23-18-10-12-19(13-11-18)28-4-2/h5,7,9-13,15,20,23H,3-4,6,8,14,16H2,1-2H3. The molecule has 1 heterocycles. The summed E-state index contributed by atoms with van der Waals surface area (Å²) in [6.07, 6.45) is 1.98. The van der Waals surface area contributed by atoms with Gasteiger partial charge >= 0.3 is 0 Å². The second kappa shape index (κ2) is 9.95. The summed E-state index contributed by atoms with van der Waals surface area (Å²) < 4.78 is 39.2. The molecule has 0 radical (unpaired) electrons. The lowest BCUT2D eigenvalue weighted by Crippen LogP contribution is -2.37. The van der Waals surface area contributed by atoms with Crippen LogP contribution in [0.1, 0.15) is 37.0 Å². The molecule has 1 N–H and O–H groups in total. The van der Waals surface area contributed by atoms with Gasteiger partial charge in [0.15, 0.2) is 0 Å². The van der Waals surface area contributed by atoms with Crippen molar-refractivity contribution in [3.05, 3.63) is 54.1 Å². The highest BCUT2D eigenvalue weighted by Crippen LogP contribution is 2.21. The van der Waals surface area contributed by atoms with E-state index in [9.17, 15) is 13.2 Å². The molecule has 30 heavy (non-hydrogen) atoms. The Kier molecular flexibility index (Phi) is 7.33. The van der Waals surface area contributed by atoms with Crippen LogP contribution in [0.2, 0.25) is 0 Å². The van der Waals surface area contributed by atoms with Crippen molar-refractivity contribution in [2.75, 3.05) is 31.0 Å². The van der Waals surface area contributed by atoms with E-state index in [1.807, 2.05) is 13.8 Å². The summed E-state index contributed by atoms with van der Waals surface area (Å²) >= 11 is 0. The van der Waals surface area contributed by atoms with Crippen LogP contribution >= 0.6 is 0 Å². The van der Waals surface area contributed by atoms with E-state index in [1.54, 1.807) is 41.3 Å². The number of likely N-dealkylation sites (N-methyl/N-ethyl adjacent to an activating group) is 1. The van der Waals surface area contributed by atoms with Crippen LogP contribution < -0.4 is 9.46 Å². The minimum absolute atomic E-state index is 0.0374. The Bertz CT molecular complexity index is 954. The average molecular weight is 433 g/mol. The third kappa shape index (κ3) is 5.52. The third-order valence-corrected chi connectivity index (χ3v) is 6.30. The largest absolute Gasteiger partial charge is 0.494 e. The van der Waals surface area contributed by atoms with Gasteiger partial charge < -0.3 is 14.4 Å². The maximum absolute atomic E-state index is 12.9. The maximum atomic E-state index is 12.9. The summed E-state index contributed by atoms with van der Waals surface area (Å²) in [6.45, 7) is 6.08. The van der Waals surface area contributed by atoms with Crippen molar-refractivity contribution in [3.63, 3.8) is 0 Å². The maximum Gasteiger partial charge on any atom is 0.261 e. The van der Waals surface area contributed by atoms with Crippen molar-refractivity contribution >= 4 is 21.6 Å². The Morgan fingerprint density at radius 3 is 2.60 bits per heavy atom. The van der Waals surface area contributed by atoms with Gasteiger partial charge in [0.05, 0.1) is 17.6 Å². The van der Waals surface area contributed by atoms with E-state index in [-0.39, 0.29) is 16.9 Å². The van der Waals surface area contributed by atoms with Gasteiger partial charge in [0.25, 0.3) is 15.9 Å². The van der Waals surface area contributed by atoms with E-state index in [2.05, 4.69) is 4.72 Å². The van der Waals surface area contributed by atoms with E-state index in [1.165, 1.54) is 12.1 Å². The summed E-state index contributed by atoms with van der Waals surface area (Å²) in [5.41, 5.74) is 0.758. The number of amides is 1. The van der Waals surface area contributed by atoms with E-state index in [4.69, 9.17) is 9.47 Å². The first kappa shape index (κ1) is 22.1. The van der Waals surface area contributed by atoms with Crippen molar-refractivity contribution in [3.8, 4) is 5.75 Å². The number of nitrogens with zero attached hydrogens (tertiary/aromatic N) is 1. The van der Waals surface area contributed by atoms with E-state index in [0.717, 1.165) is 19.4 Å². The zero-order valence-corrected chi connectivity index (χ0v) is 18.2.